The van der Waals surface area contributed by atoms with E-state index in [-0.39, 0.29) is 11.3 Å². The Hall–Kier alpha value is -1.46. The summed E-state index contributed by atoms with van der Waals surface area (Å²) in [5.41, 5.74) is 6.06. The molecule has 6 heteroatoms. The molecule has 2 rings (SSSR count). The second-order valence-corrected chi connectivity index (χ2v) is 6.22. The molecule has 1 atom stereocenters. The van der Waals surface area contributed by atoms with Gasteiger partial charge in [-0.05, 0) is 5.41 Å². The van der Waals surface area contributed by atoms with Gasteiger partial charge < -0.3 is 20.5 Å². The number of hydrogen-bond acceptors (Lipinski definition) is 4. The van der Waals surface area contributed by atoms with Gasteiger partial charge >= 0.3 is 0 Å². The molecule has 0 aliphatic carbocycles. The average Bonchev–Trinajstić information content (AvgIpc) is 2.37. The highest BCUT2D eigenvalue weighted by Gasteiger charge is 2.28. The maximum Gasteiger partial charge on any atom is 0.241 e. The highest BCUT2D eigenvalue weighted by atomic mass is 35.5. The van der Waals surface area contributed by atoms with E-state index in [0.29, 0.717) is 35.4 Å². The van der Waals surface area contributed by atoms with Gasteiger partial charge in [0, 0.05) is 12.1 Å². The fourth-order valence-electron chi connectivity index (χ4n) is 1.76. The second kappa shape index (κ2) is 5.50. The number of amides is 1. The largest absolute Gasteiger partial charge is 0.486 e. The third-order valence-electron chi connectivity index (χ3n) is 3.11. The Labute approximate surface area is 123 Å². The zero-order valence-corrected chi connectivity index (χ0v) is 12.6. The van der Waals surface area contributed by atoms with E-state index in [2.05, 4.69) is 5.32 Å². The molecule has 1 amide bonds. The molecule has 0 aromatic heterocycles. The molecule has 1 aliphatic rings. The molecular formula is C14H19ClN2O3. The quantitative estimate of drug-likeness (QED) is 0.879. The topological polar surface area (TPSA) is 73.6 Å². The number of rotatable bonds is 2. The van der Waals surface area contributed by atoms with E-state index in [4.69, 9.17) is 26.8 Å². The smallest absolute Gasteiger partial charge is 0.241 e. The lowest BCUT2D eigenvalue weighted by Crippen LogP contribution is -2.45. The van der Waals surface area contributed by atoms with Crippen LogP contribution in [-0.2, 0) is 4.79 Å². The van der Waals surface area contributed by atoms with Crippen LogP contribution in [0, 0.1) is 5.41 Å². The molecule has 0 saturated carbocycles. The molecule has 1 heterocycles. The molecule has 0 radical (unpaired) electrons. The van der Waals surface area contributed by atoms with Gasteiger partial charge in [-0.2, -0.15) is 0 Å². The van der Waals surface area contributed by atoms with E-state index in [1.807, 2.05) is 20.8 Å². The maximum atomic E-state index is 12.1. The van der Waals surface area contributed by atoms with E-state index in [1.54, 1.807) is 12.1 Å². The molecule has 0 unspecified atom stereocenters. The molecule has 0 saturated heterocycles. The number of fused-ring (bicyclic) bond motifs is 1. The zero-order chi connectivity index (χ0) is 14.9. The summed E-state index contributed by atoms with van der Waals surface area (Å²) in [5, 5.41) is 3.13. The number of benzene rings is 1. The van der Waals surface area contributed by atoms with Gasteiger partial charge in [-0.25, -0.2) is 0 Å². The summed E-state index contributed by atoms with van der Waals surface area (Å²) in [7, 11) is 0. The van der Waals surface area contributed by atoms with E-state index in [9.17, 15) is 4.79 Å². The Kier molecular flexibility index (Phi) is 4.11. The minimum atomic E-state index is -0.633. The molecule has 0 fully saturated rings. The highest BCUT2D eigenvalue weighted by Crippen LogP contribution is 2.38. The molecule has 1 aromatic rings. The van der Waals surface area contributed by atoms with Crippen molar-refractivity contribution in [2.75, 3.05) is 18.5 Å². The predicted octanol–water partition coefficient (Wildman–Crippen LogP) is 2.42. The number of carbonyl (C=O) groups is 1. The van der Waals surface area contributed by atoms with Crippen molar-refractivity contribution in [3.05, 3.63) is 17.2 Å². The molecule has 0 spiro atoms. The van der Waals surface area contributed by atoms with Crippen LogP contribution in [0.1, 0.15) is 20.8 Å². The van der Waals surface area contributed by atoms with Crippen LogP contribution in [0.4, 0.5) is 5.69 Å². The van der Waals surface area contributed by atoms with Crippen molar-refractivity contribution in [1.82, 2.24) is 0 Å². The van der Waals surface area contributed by atoms with Crippen LogP contribution in [0.25, 0.3) is 0 Å². The van der Waals surface area contributed by atoms with Gasteiger partial charge in [0.05, 0.1) is 16.8 Å². The first-order chi connectivity index (χ1) is 9.29. The summed E-state index contributed by atoms with van der Waals surface area (Å²) in [6.07, 6.45) is 0. The SMILES string of the molecule is CC(C)(C)[C@@H](N)C(=O)Nc1cc2c(cc1Cl)OCCO2. The lowest BCUT2D eigenvalue weighted by molar-refractivity contribution is -0.119. The monoisotopic (exact) mass is 298 g/mol. The van der Waals surface area contributed by atoms with E-state index < -0.39 is 6.04 Å². The molecule has 5 nitrogen and oxygen atoms in total. The van der Waals surface area contributed by atoms with Gasteiger partial charge in [-0.1, -0.05) is 32.4 Å². The molecule has 1 aliphatic heterocycles. The van der Waals surface area contributed by atoms with Crippen molar-refractivity contribution in [2.24, 2.45) is 11.1 Å². The number of nitrogens with one attached hydrogen (secondary N) is 1. The van der Waals surface area contributed by atoms with Crippen molar-refractivity contribution in [1.29, 1.82) is 0 Å². The Bertz CT molecular complexity index is 526. The van der Waals surface area contributed by atoms with Crippen molar-refractivity contribution >= 4 is 23.2 Å². The first kappa shape index (κ1) is 14.9. The Balaban J connectivity index is 2.19. The van der Waals surface area contributed by atoms with Crippen LogP contribution in [-0.4, -0.2) is 25.2 Å². The Morgan fingerprint density at radius 1 is 1.30 bits per heavy atom. The van der Waals surface area contributed by atoms with Crippen molar-refractivity contribution in [3.63, 3.8) is 0 Å². The van der Waals surface area contributed by atoms with Crippen molar-refractivity contribution in [3.8, 4) is 11.5 Å². The maximum absolute atomic E-state index is 12.1. The first-order valence-corrected chi connectivity index (χ1v) is 6.82. The molecule has 3 N–H and O–H groups in total. The minimum absolute atomic E-state index is 0.281. The van der Waals surface area contributed by atoms with Crippen LogP contribution in [0.2, 0.25) is 5.02 Å². The fraction of sp³-hybridized carbons (Fsp3) is 0.500. The van der Waals surface area contributed by atoms with Crippen LogP contribution in [0.3, 0.4) is 0 Å². The molecular weight excluding hydrogens is 280 g/mol. The van der Waals surface area contributed by atoms with E-state index in [1.165, 1.54) is 0 Å². The van der Waals surface area contributed by atoms with Gasteiger partial charge in [0.2, 0.25) is 5.91 Å². The van der Waals surface area contributed by atoms with Crippen LogP contribution < -0.4 is 20.5 Å². The standard InChI is InChI=1S/C14H19ClN2O3/c1-14(2,3)12(16)13(18)17-9-7-11-10(6-8(9)15)19-4-5-20-11/h6-7,12H,4-5,16H2,1-3H3,(H,17,18)/t12-/m0/s1. The zero-order valence-electron chi connectivity index (χ0n) is 11.8. The molecule has 1 aromatic carbocycles. The lowest BCUT2D eigenvalue weighted by Gasteiger charge is -2.26. The summed E-state index contributed by atoms with van der Waals surface area (Å²) < 4.78 is 10.9. The summed E-state index contributed by atoms with van der Waals surface area (Å²) in [4.78, 5) is 12.1. The fourth-order valence-corrected chi connectivity index (χ4v) is 1.96. The number of hydrogen-bond donors (Lipinski definition) is 2. The van der Waals surface area contributed by atoms with Crippen molar-refractivity contribution < 1.29 is 14.3 Å². The highest BCUT2D eigenvalue weighted by molar-refractivity contribution is 6.34. The molecule has 20 heavy (non-hydrogen) atoms. The summed E-state index contributed by atoms with van der Waals surface area (Å²) in [6, 6.07) is 2.66. The predicted molar refractivity (Wildman–Crippen MR) is 78.5 cm³/mol. The van der Waals surface area contributed by atoms with Crippen LogP contribution in [0.5, 0.6) is 11.5 Å². The third-order valence-corrected chi connectivity index (χ3v) is 3.42. The lowest BCUT2D eigenvalue weighted by atomic mass is 9.87. The van der Waals surface area contributed by atoms with Crippen LogP contribution >= 0.6 is 11.6 Å². The number of nitrogens with two attached hydrogens (primary N) is 1. The number of anilines is 1. The normalized spacial score (nSPS) is 15.7. The summed E-state index contributed by atoms with van der Waals surface area (Å²) in [5.74, 6) is 0.871. The van der Waals surface area contributed by atoms with Gasteiger partial charge in [0.25, 0.3) is 0 Å². The number of ether oxygens (including phenoxy) is 2. The molecule has 0 bridgehead atoms. The van der Waals surface area contributed by atoms with Gasteiger partial charge in [-0.15, -0.1) is 0 Å². The van der Waals surface area contributed by atoms with Gasteiger partial charge in [0.15, 0.2) is 11.5 Å². The Morgan fingerprint density at radius 3 is 2.40 bits per heavy atom. The third kappa shape index (κ3) is 3.16. The minimum Gasteiger partial charge on any atom is -0.486 e. The average molecular weight is 299 g/mol. The van der Waals surface area contributed by atoms with E-state index >= 15 is 0 Å². The number of halogens is 1. The number of carbonyl (C=O) groups excluding carboxylic acids is 1. The molecule has 110 valence electrons. The second-order valence-electron chi connectivity index (χ2n) is 5.81. The van der Waals surface area contributed by atoms with Gasteiger partial charge in [-0.3, -0.25) is 4.79 Å². The Morgan fingerprint density at radius 2 is 1.85 bits per heavy atom. The van der Waals surface area contributed by atoms with Gasteiger partial charge in [0.1, 0.15) is 13.2 Å². The summed E-state index contributed by atoms with van der Waals surface area (Å²) >= 11 is 6.13. The van der Waals surface area contributed by atoms with Crippen LogP contribution in [0.15, 0.2) is 12.1 Å². The summed E-state index contributed by atoms with van der Waals surface area (Å²) in [6.45, 7) is 6.68. The van der Waals surface area contributed by atoms with E-state index in [0.717, 1.165) is 0 Å². The van der Waals surface area contributed by atoms with Crippen molar-refractivity contribution in [2.45, 2.75) is 26.8 Å². The first-order valence-electron chi connectivity index (χ1n) is 6.44.